The number of hydrogen-bond donors (Lipinski definition) is 6. The third-order valence-electron chi connectivity index (χ3n) is 2.42. The van der Waals surface area contributed by atoms with Gasteiger partial charge < -0.3 is 40.7 Å². The molecule has 0 aromatic carbocycles. The number of carboxylic acid groups (broad SMARTS) is 1. The molecule has 0 aromatic heterocycles. The second-order valence-electron chi connectivity index (χ2n) is 3.76. The summed E-state index contributed by atoms with van der Waals surface area (Å²) in [4.78, 5) is 10.3. The quantitative estimate of drug-likeness (QED) is 0.229. The van der Waals surface area contributed by atoms with E-state index in [1.807, 2.05) is 0 Å². The average molecular weight is 253 g/mol. The summed E-state index contributed by atoms with van der Waals surface area (Å²) >= 11 is 0. The molecule has 100 valence electrons. The number of carbonyl (C=O) groups is 1. The van der Waals surface area contributed by atoms with Crippen molar-refractivity contribution in [3.05, 3.63) is 0 Å². The van der Waals surface area contributed by atoms with Gasteiger partial charge in [-0.25, -0.2) is 4.79 Å². The van der Waals surface area contributed by atoms with Gasteiger partial charge in [0.05, 0.1) is 25.2 Å². The first kappa shape index (κ1) is 14.1. The second kappa shape index (κ2) is 5.12. The minimum Gasteiger partial charge on any atom is -0.450 e. The van der Waals surface area contributed by atoms with E-state index in [0.717, 1.165) is 0 Å². The maximum atomic E-state index is 10.3. The molecule has 0 aliphatic carbocycles. The van der Waals surface area contributed by atoms with E-state index >= 15 is 0 Å². The summed E-state index contributed by atoms with van der Waals surface area (Å²) in [6.07, 6.45) is -6.58. The molecule has 17 heavy (non-hydrogen) atoms. The highest BCUT2D eigenvalue weighted by Gasteiger charge is 2.49. The molecule has 1 fully saturated rings. The Morgan fingerprint density at radius 1 is 1.65 bits per heavy atom. The van der Waals surface area contributed by atoms with Crippen LogP contribution in [0.2, 0.25) is 0 Å². The van der Waals surface area contributed by atoms with Crippen LogP contribution in [0.1, 0.15) is 6.42 Å². The second-order valence-corrected chi connectivity index (χ2v) is 3.76. The molecule has 0 aromatic rings. The zero-order valence-electron chi connectivity index (χ0n) is 8.76. The summed E-state index contributed by atoms with van der Waals surface area (Å²) in [5.41, 5.74) is 5.49. The Kier molecular flexibility index (Phi) is 4.25. The van der Waals surface area contributed by atoms with Gasteiger partial charge in [0.25, 0.3) is 0 Å². The van der Waals surface area contributed by atoms with Crippen molar-refractivity contribution in [2.45, 2.75) is 36.7 Å². The van der Waals surface area contributed by atoms with Crippen LogP contribution in [0.25, 0.3) is 0 Å². The topological polar surface area (TPSA) is 163 Å². The monoisotopic (exact) mass is 253 g/mol. The fourth-order valence-electron chi connectivity index (χ4n) is 1.60. The van der Waals surface area contributed by atoms with Crippen molar-refractivity contribution in [3.63, 3.8) is 0 Å². The first-order valence-corrected chi connectivity index (χ1v) is 4.84. The number of nitrogens with two attached hydrogens (primary N) is 1. The summed E-state index contributed by atoms with van der Waals surface area (Å²) in [5.74, 6) is -2.60. The number of rotatable bonds is 3. The predicted octanol–water partition coefficient (Wildman–Crippen LogP) is -2.84. The summed E-state index contributed by atoms with van der Waals surface area (Å²) in [5, 5.41) is 45.6. The van der Waals surface area contributed by atoms with Gasteiger partial charge in [-0.3, -0.25) is 0 Å². The van der Waals surface area contributed by atoms with Crippen LogP contribution in [0, 0.1) is 0 Å². The minimum atomic E-state index is -2.60. The van der Waals surface area contributed by atoms with E-state index in [1.165, 1.54) is 0 Å². The molecule has 0 spiro atoms. The number of ether oxygens (including phenoxy) is 2. The van der Waals surface area contributed by atoms with Gasteiger partial charge >= 0.3 is 12.1 Å². The van der Waals surface area contributed by atoms with Gasteiger partial charge in [-0.15, -0.1) is 0 Å². The van der Waals surface area contributed by atoms with Crippen molar-refractivity contribution >= 4 is 6.16 Å². The molecule has 9 nitrogen and oxygen atoms in total. The van der Waals surface area contributed by atoms with Gasteiger partial charge in [-0.05, 0) is 0 Å². The molecule has 5 atom stereocenters. The molecule has 1 heterocycles. The molecule has 0 saturated carbocycles. The highest BCUT2D eigenvalue weighted by Crippen LogP contribution is 2.29. The van der Waals surface area contributed by atoms with Crippen molar-refractivity contribution in [1.29, 1.82) is 0 Å². The molecular weight excluding hydrogens is 238 g/mol. The standard InChI is InChI=1S/C8H15NO8/c9-5-3(11)1-8(15,17-7(13)14)16-6(5)4(12)2-10/h3-6,10-12,15H,1-2,9H2,(H,13,14)/t3?,4?,5-,6-,8?/m1/s1. The van der Waals surface area contributed by atoms with Crippen LogP contribution in [0.5, 0.6) is 0 Å². The van der Waals surface area contributed by atoms with Gasteiger partial charge in [0, 0.05) is 0 Å². The van der Waals surface area contributed by atoms with Crippen LogP contribution in [0.3, 0.4) is 0 Å². The SMILES string of the molecule is N[C@@H]1C(O)CC(O)(OC(=O)O)O[C@@H]1C(O)CO. The maximum Gasteiger partial charge on any atom is 0.510 e. The predicted molar refractivity (Wildman–Crippen MR) is 50.6 cm³/mol. The number of aliphatic hydroxyl groups is 4. The van der Waals surface area contributed by atoms with Gasteiger partial charge in [-0.2, -0.15) is 0 Å². The Labute approximate surface area is 96.0 Å². The molecule has 0 radical (unpaired) electrons. The van der Waals surface area contributed by atoms with Crippen molar-refractivity contribution in [2.75, 3.05) is 6.61 Å². The van der Waals surface area contributed by atoms with Crippen LogP contribution >= 0.6 is 0 Å². The molecule has 0 amide bonds. The summed E-state index contributed by atoms with van der Waals surface area (Å²) in [6, 6.07) is -1.09. The zero-order chi connectivity index (χ0) is 13.2. The van der Waals surface area contributed by atoms with E-state index in [0.29, 0.717) is 0 Å². The van der Waals surface area contributed by atoms with Crippen molar-refractivity contribution in [2.24, 2.45) is 5.73 Å². The molecular formula is C8H15NO8. The molecule has 1 rings (SSSR count). The molecule has 0 bridgehead atoms. The molecule has 1 aliphatic heterocycles. The van der Waals surface area contributed by atoms with Gasteiger partial charge in [0.15, 0.2) is 0 Å². The smallest absolute Gasteiger partial charge is 0.450 e. The van der Waals surface area contributed by atoms with Crippen molar-refractivity contribution in [1.82, 2.24) is 0 Å². The average Bonchev–Trinajstić information content (AvgIpc) is 2.21. The van der Waals surface area contributed by atoms with Crippen LogP contribution in [-0.4, -0.2) is 68.6 Å². The molecule has 1 aliphatic rings. The largest absolute Gasteiger partial charge is 0.510 e. The lowest BCUT2D eigenvalue weighted by molar-refractivity contribution is -0.391. The first-order valence-electron chi connectivity index (χ1n) is 4.84. The Morgan fingerprint density at radius 3 is 2.71 bits per heavy atom. The van der Waals surface area contributed by atoms with E-state index < -0.39 is 49.5 Å². The lowest BCUT2D eigenvalue weighted by atomic mass is 9.95. The number of aliphatic hydroxyl groups excluding tert-OH is 3. The fraction of sp³-hybridized carbons (Fsp3) is 0.875. The lowest BCUT2D eigenvalue weighted by Gasteiger charge is -2.42. The van der Waals surface area contributed by atoms with Crippen LogP contribution in [0.15, 0.2) is 0 Å². The Morgan fingerprint density at radius 2 is 2.24 bits per heavy atom. The molecule has 9 heteroatoms. The third kappa shape index (κ3) is 3.25. The van der Waals surface area contributed by atoms with E-state index in [4.69, 9.17) is 20.7 Å². The Hall–Kier alpha value is -0.970. The van der Waals surface area contributed by atoms with Crippen LogP contribution in [0.4, 0.5) is 4.79 Å². The fourth-order valence-corrected chi connectivity index (χ4v) is 1.60. The van der Waals surface area contributed by atoms with Crippen molar-refractivity contribution < 1.29 is 39.8 Å². The summed E-state index contributed by atoms with van der Waals surface area (Å²) in [7, 11) is 0. The molecule has 7 N–H and O–H groups in total. The maximum absolute atomic E-state index is 10.3. The van der Waals surface area contributed by atoms with E-state index in [-0.39, 0.29) is 0 Å². The number of hydrogen-bond acceptors (Lipinski definition) is 8. The molecule has 3 unspecified atom stereocenters. The Bertz CT molecular complexity index is 287. The van der Waals surface area contributed by atoms with Crippen LogP contribution in [-0.2, 0) is 9.47 Å². The van der Waals surface area contributed by atoms with E-state index in [1.54, 1.807) is 0 Å². The normalized spacial score (nSPS) is 39.7. The van der Waals surface area contributed by atoms with E-state index in [9.17, 15) is 20.1 Å². The summed E-state index contributed by atoms with van der Waals surface area (Å²) < 4.78 is 8.84. The zero-order valence-corrected chi connectivity index (χ0v) is 8.76. The van der Waals surface area contributed by atoms with Gasteiger partial charge in [-0.1, -0.05) is 0 Å². The Balaban J connectivity index is 2.82. The third-order valence-corrected chi connectivity index (χ3v) is 2.42. The van der Waals surface area contributed by atoms with Crippen LogP contribution < -0.4 is 5.73 Å². The highest BCUT2D eigenvalue weighted by molar-refractivity contribution is 5.57. The first-order chi connectivity index (χ1) is 7.79. The lowest BCUT2D eigenvalue weighted by Crippen LogP contribution is -2.63. The van der Waals surface area contributed by atoms with Gasteiger partial charge in [0.2, 0.25) is 0 Å². The molecule has 1 saturated heterocycles. The van der Waals surface area contributed by atoms with E-state index in [2.05, 4.69) is 4.74 Å². The van der Waals surface area contributed by atoms with Crippen molar-refractivity contribution in [3.8, 4) is 0 Å². The summed E-state index contributed by atoms with van der Waals surface area (Å²) in [6.45, 7) is -0.728. The highest BCUT2D eigenvalue weighted by atomic mass is 16.9. The minimum absolute atomic E-state index is 0.588. The van der Waals surface area contributed by atoms with Gasteiger partial charge in [0.1, 0.15) is 12.2 Å².